The van der Waals surface area contributed by atoms with Crippen molar-refractivity contribution in [2.75, 3.05) is 26.1 Å². The number of aromatic nitrogens is 1. The Kier molecular flexibility index (Phi) is 5.94. The number of anilines is 1. The molecule has 8 nitrogen and oxygen atoms in total. The Hall–Kier alpha value is -3.30. The van der Waals surface area contributed by atoms with Gasteiger partial charge in [-0.1, -0.05) is 0 Å². The number of rotatable bonds is 6. The average Bonchev–Trinajstić information content (AvgIpc) is 3.27. The van der Waals surface area contributed by atoms with Crippen LogP contribution in [-0.4, -0.2) is 44.0 Å². The topological polar surface area (TPSA) is 89.9 Å². The lowest BCUT2D eigenvalue weighted by molar-refractivity contribution is -0.114. The Balaban J connectivity index is 1.82. The van der Waals surface area contributed by atoms with Crippen LogP contribution in [-0.2, 0) is 21.4 Å². The van der Waals surface area contributed by atoms with Crippen molar-refractivity contribution in [2.24, 2.45) is 0 Å². The summed E-state index contributed by atoms with van der Waals surface area (Å²) >= 11 is 0. The Bertz CT molecular complexity index is 1230. The molecule has 1 atom stereocenters. The summed E-state index contributed by atoms with van der Waals surface area (Å²) in [6.45, 7) is 2.23. The van der Waals surface area contributed by atoms with Crippen molar-refractivity contribution in [3.05, 3.63) is 72.1 Å². The molecule has 1 unspecified atom stereocenters. The molecule has 9 heteroatoms. The van der Waals surface area contributed by atoms with E-state index < -0.39 is 16.1 Å². The van der Waals surface area contributed by atoms with E-state index in [0.717, 1.165) is 5.69 Å². The van der Waals surface area contributed by atoms with Gasteiger partial charge in [0.2, 0.25) is 15.9 Å². The average molecular weight is 456 g/mol. The molecule has 0 radical (unpaired) electrons. The van der Waals surface area contributed by atoms with Gasteiger partial charge in [-0.15, -0.1) is 0 Å². The van der Waals surface area contributed by atoms with Crippen LogP contribution < -0.4 is 14.8 Å². The first-order chi connectivity index (χ1) is 15.3. The Morgan fingerprint density at radius 1 is 1.03 bits per heavy atom. The van der Waals surface area contributed by atoms with Gasteiger partial charge >= 0.3 is 0 Å². The number of carbonyl (C=O) groups excluding carboxylic acids is 1. The molecule has 32 heavy (non-hydrogen) atoms. The van der Waals surface area contributed by atoms with E-state index in [1.165, 1.54) is 23.4 Å². The minimum absolute atomic E-state index is 0.151. The lowest BCUT2D eigenvalue weighted by Crippen LogP contribution is -2.42. The lowest BCUT2D eigenvalue weighted by Gasteiger charge is -2.37. The van der Waals surface area contributed by atoms with Crippen LogP contribution in [0.5, 0.6) is 11.5 Å². The van der Waals surface area contributed by atoms with Gasteiger partial charge in [-0.3, -0.25) is 4.79 Å². The highest BCUT2D eigenvalue weighted by Crippen LogP contribution is 2.41. The maximum atomic E-state index is 13.7. The molecule has 1 aliphatic rings. The molecule has 168 valence electrons. The third kappa shape index (κ3) is 3.96. The second kappa shape index (κ2) is 8.68. The maximum Gasteiger partial charge on any atom is 0.244 e. The standard InChI is InChI=1S/C23H25N3O5S/c1-16(27)24-17-6-9-19(10-7-17)32(28,29)26-14-13-25-12-4-5-21(25)23(26)20-15-18(30-2)8-11-22(20)31-3/h4-12,15,23H,13-14H2,1-3H3,(H,24,27). The van der Waals surface area contributed by atoms with E-state index in [2.05, 4.69) is 9.88 Å². The van der Waals surface area contributed by atoms with E-state index in [-0.39, 0.29) is 10.8 Å². The van der Waals surface area contributed by atoms with Crippen molar-refractivity contribution in [1.29, 1.82) is 0 Å². The normalized spacial score (nSPS) is 16.3. The highest BCUT2D eigenvalue weighted by atomic mass is 32.2. The molecule has 4 rings (SSSR count). The molecule has 2 heterocycles. The van der Waals surface area contributed by atoms with Gasteiger partial charge in [-0.2, -0.15) is 4.31 Å². The molecule has 0 fully saturated rings. The molecule has 3 aromatic rings. The maximum absolute atomic E-state index is 13.7. The van der Waals surface area contributed by atoms with Crippen molar-refractivity contribution in [1.82, 2.24) is 8.87 Å². The van der Waals surface area contributed by atoms with Crippen LogP contribution >= 0.6 is 0 Å². The Morgan fingerprint density at radius 2 is 1.78 bits per heavy atom. The largest absolute Gasteiger partial charge is 0.497 e. The van der Waals surface area contributed by atoms with Gasteiger partial charge in [-0.05, 0) is 54.6 Å². The number of carbonyl (C=O) groups is 1. The van der Waals surface area contributed by atoms with E-state index in [4.69, 9.17) is 9.47 Å². The van der Waals surface area contributed by atoms with Crippen LogP contribution in [0.1, 0.15) is 24.2 Å². The van der Waals surface area contributed by atoms with Crippen molar-refractivity contribution < 1.29 is 22.7 Å². The Labute approximate surface area is 187 Å². The summed E-state index contributed by atoms with van der Waals surface area (Å²) in [5, 5.41) is 2.65. The molecule has 1 aliphatic heterocycles. The first kappa shape index (κ1) is 21.9. The number of sulfonamides is 1. The van der Waals surface area contributed by atoms with E-state index >= 15 is 0 Å². The molecule has 0 saturated carbocycles. The zero-order valence-electron chi connectivity index (χ0n) is 18.1. The summed E-state index contributed by atoms with van der Waals surface area (Å²) in [7, 11) is -0.727. The van der Waals surface area contributed by atoms with Crippen molar-refractivity contribution >= 4 is 21.6 Å². The van der Waals surface area contributed by atoms with E-state index in [1.54, 1.807) is 38.5 Å². The van der Waals surface area contributed by atoms with Crippen LogP contribution in [0.2, 0.25) is 0 Å². The van der Waals surface area contributed by atoms with Gasteiger partial charge < -0.3 is 19.4 Å². The van der Waals surface area contributed by atoms with E-state index in [9.17, 15) is 13.2 Å². The number of methoxy groups -OCH3 is 2. The summed E-state index contributed by atoms with van der Waals surface area (Å²) in [6, 6.07) is 14.8. The van der Waals surface area contributed by atoms with Crippen molar-refractivity contribution in [2.45, 2.75) is 24.4 Å². The summed E-state index contributed by atoms with van der Waals surface area (Å²) in [5.74, 6) is 0.968. The first-order valence-electron chi connectivity index (χ1n) is 10.1. The summed E-state index contributed by atoms with van der Waals surface area (Å²) in [4.78, 5) is 11.4. The summed E-state index contributed by atoms with van der Waals surface area (Å²) < 4.78 is 42.0. The van der Waals surface area contributed by atoms with Crippen LogP contribution in [0.4, 0.5) is 5.69 Å². The number of amides is 1. The second-order valence-electron chi connectivity index (χ2n) is 7.46. The zero-order valence-corrected chi connectivity index (χ0v) is 18.9. The van der Waals surface area contributed by atoms with E-state index in [1.807, 2.05) is 24.4 Å². The summed E-state index contributed by atoms with van der Waals surface area (Å²) in [6.07, 6.45) is 1.95. The zero-order chi connectivity index (χ0) is 22.9. The fourth-order valence-electron chi connectivity index (χ4n) is 4.04. The number of nitrogens with zero attached hydrogens (tertiary/aromatic N) is 2. The smallest absolute Gasteiger partial charge is 0.244 e. The molecule has 0 saturated heterocycles. The molecule has 1 N–H and O–H groups in total. The number of hydrogen-bond acceptors (Lipinski definition) is 5. The number of nitrogens with one attached hydrogen (secondary N) is 1. The molecule has 1 amide bonds. The third-order valence-corrected chi connectivity index (χ3v) is 7.39. The molecule has 0 aliphatic carbocycles. The quantitative estimate of drug-likeness (QED) is 0.616. The molecule has 1 aromatic heterocycles. The third-order valence-electron chi connectivity index (χ3n) is 5.51. The van der Waals surface area contributed by atoms with Gasteiger partial charge in [0.1, 0.15) is 11.5 Å². The fraction of sp³-hybridized carbons (Fsp3) is 0.261. The van der Waals surface area contributed by atoms with Crippen molar-refractivity contribution in [3.63, 3.8) is 0 Å². The fourth-order valence-corrected chi connectivity index (χ4v) is 5.61. The highest BCUT2D eigenvalue weighted by Gasteiger charge is 2.39. The highest BCUT2D eigenvalue weighted by molar-refractivity contribution is 7.89. The number of ether oxygens (including phenoxy) is 2. The van der Waals surface area contributed by atoms with E-state index in [0.29, 0.717) is 35.8 Å². The number of benzene rings is 2. The Morgan fingerprint density at radius 3 is 2.44 bits per heavy atom. The monoisotopic (exact) mass is 455 g/mol. The van der Waals surface area contributed by atoms with Gasteiger partial charge in [-0.25, -0.2) is 8.42 Å². The van der Waals surface area contributed by atoms with Crippen LogP contribution in [0.15, 0.2) is 65.7 Å². The summed E-state index contributed by atoms with van der Waals surface area (Å²) in [5.41, 5.74) is 2.08. The predicted molar refractivity (Wildman–Crippen MR) is 120 cm³/mol. The van der Waals surface area contributed by atoms with Crippen LogP contribution in [0, 0.1) is 0 Å². The van der Waals surface area contributed by atoms with Gasteiger partial charge in [0.25, 0.3) is 0 Å². The molecule has 0 spiro atoms. The first-order valence-corrected chi connectivity index (χ1v) is 11.6. The predicted octanol–water partition coefficient (Wildman–Crippen LogP) is 3.26. The molecular weight excluding hydrogens is 430 g/mol. The SMILES string of the molecule is COc1ccc(OC)c(C2c3cccn3CCN2S(=O)(=O)c2ccc(NC(C)=O)cc2)c1. The minimum atomic E-state index is -3.86. The van der Waals surface area contributed by atoms with Crippen molar-refractivity contribution in [3.8, 4) is 11.5 Å². The number of hydrogen-bond donors (Lipinski definition) is 1. The molecular formula is C23H25N3O5S. The molecule has 2 aromatic carbocycles. The van der Waals surface area contributed by atoms with Gasteiger partial charge in [0, 0.05) is 43.2 Å². The second-order valence-corrected chi connectivity index (χ2v) is 9.35. The minimum Gasteiger partial charge on any atom is -0.497 e. The van der Waals surface area contributed by atoms with Gasteiger partial charge in [0.15, 0.2) is 0 Å². The van der Waals surface area contributed by atoms with Crippen LogP contribution in [0.25, 0.3) is 0 Å². The lowest BCUT2D eigenvalue weighted by atomic mass is 10.0. The molecule has 0 bridgehead atoms. The number of fused-ring (bicyclic) bond motifs is 1. The van der Waals surface area contributed by atoms with Crippen LogP contribution in [0.3, 0.4) is 0 Å². The van der Waals surface area contributed by atoms with Gasteiger partial charge in [0.05, 0.1) is 25.2 Å².